The number of anilines is 1. The molecule has 28 heavy (non-hydrogen) atoms. The molecule has 2 aromatic heterocycles. The Kier molecular flexibility index (Phi) is 4.38. The quantitative estimate of drug-likeness (QED) is 0.502. The summed E-state index contributed by atoms with van der Waals surface area (Å²) >= 11 is 0. The molecule has 3 aromatic rings. The van der Waals surface area contributed by atoms with Crippen LogP contribution in [0, 0.1) is 10.1 Å². The van der Waals surface area contributed by atoms with Crippen molar-refractivity contribution < 1.29 is 22.8 Å². The number of alkyl halides is 3. The van der Waals surface area contributed by atoms with Gasteiger partial charge in [0, 0.05) is 19.2 Å². The highest BCUT2D eigenvalue weighted by Crippen LogP contribution is 2.31. The third kappa shape index (κ3) is 3.36. The van der Waals surface area contributed by atoms with E-state index in [1.165, 1.54) is 12.1 Å². The molecule has 3 heterocycles. The molecular weight excluding hydrogens is 379 g/mol. The number of nitrogens with zero attached hydrogens (tertiary/aromatic N) is 5. The molecule has 1 saturated heterocycles. The molecule has 1 atom stereocenters. The van der Waals surface area contributed by atoms with E-state index < -0.39 is 22.8 Å². The van der Waals surface area contributed by atoms with Crippen LogP contribution < -0.4 is 4.90 Å². The van der Waals surface area contributed by atoms with Crippen LogP contribution in [0.1, 0.15) is 17.2 Å². The minimum Gasteiger partial charge on any atom is -0.370 e. The van der Waals surface area contributed by atoms with E-state index in [0.29, 0.717) is 36.7 Å². The van der Waals surface area contributed by atoms with Crippen molar-refractivity contribution in [3.63, 3.8) is 0 Å². The van der Waals surface area contributed by atoms with Crippen LogP contribution >= 0.6 is 0 Å². The van der Waals surface area contributed by atoms with Gasteiger partial charge in [-0.3, -0.25) is 0 Å². The van der Waals surface area contributed by atoms with Crippen LogP contribution in [0.15, 0.2) is 42.6 Å². The normalized spacial score (nSPS) is 17.8. The molecule has 4 rings (SSSR count). The third-order valence-electron chi connectivity index (χ3n) is 4.52. The summed E-state index contributed by atoms with van der Waals surface area (Å²) in [5.41, 5.74) is 0.249. The molecule has 0 saturated carbocycles. The number of hydrogen-bond donors (Lipinski definition) is 0. The maximum atomic E-state index is 12.7. The highest BCUT2D eigenvalue weighted by Gasteiger charge is 2.31. The van der Waals surface area contributed by atoms with E-state index in [4.69, 9.17) is 4.74 Å². The zero-order valence-corrected chi connectivity index (χ0v) is 14.3. The zero-order chi connectivity index (χ0) is 19.9. The lowest BCUT2D eigenvalue weighted by atomic mass is 10.1. The number of ether oxygens (including phenoxy) is 1. The second-order valence-electron chi connectivity index (χ2n) is 6.26. The molecule has 0 spiro atoms. The summed E-state index contributed by atoms with van der Waals surface area (Å²) in [6.07, 6.45) is -3.70. The predicted octanol–water partition coefficient (Wildman–Crippen LogP) is 3.23. The Balaban J connectivity index is 1.58. The SMILES string of the molecule is O=[N+]([O-])c1cnc2ccc(N3CCOC(c4ccc(C(F)(F)F)cc4)C3)nn12. The number of aromatic nitrogens is 3. The highest BCUT2D eigenvalue weighted by molar-refractivity contribution is 5.49. The van der Waals surface area contributed by atoms with Gasteiger partial charge in [0.25, 0.3) is 0 Å². The number of nitro groups is 1. The smallest absolute Gasteiger partial charge is 0.370 e. The second kappa shape index (κ2) is 6.75. The number of halogens is 3. The molecule has 1 fully saturated rings. The molecule has 11 heteroatoms. The van der Waals surface area contributed by atoms with Crippen molar-refractivity contribution in [2.45, 2.75) is 12.3 Å². The van der Waals surface area contributed by atoms with Gasteiger partial charge in [0.15, 0.2) is 5.82 Å². The topological polar surface area (TPSA) is 85.8 Å². The maximum Gasteiger partial charge on any atom is 0.416 e. The van der Waals surface area contributed by atoms with Gasteiger partial charge in [-0.1, -0.05) is 21.7 Å². The predicted molar refractivity (Wildman–Crippen MR) is 92.0 cm³/mol. The lowest BCUT2D eigenvalue weighted by Crippen LogP contribution is -2.39. The minimum absolute atomic E-state index is 0.246. The van der Waals surface area contributed by atoms with E-state index in [0.717, 1.165) is 22.8 Å². The monoisotopic (exact) mass is 393 g/mol. The van der Waals surface area contributed by atoms with Crippen molar-refractivity contribution in [1.29, 1.82) is 0 Å². The second-order valence-corrected chi connectivity index (χ2v) is 6.26. The van der Waals surface area contributed by atoms with Crippen LogP contribution in [0.5, 0.6) is 0 Å². The first-order valence-electron chi connectivity index (χ1n) is 8.36. The fourth-order valence-corrected chi connectivity index (χ4v) is 3.09. The van der Waals surface area contributed by atoms with Crippen LogP contribution in [0.25, 0.3) is 5.65 Å². The van der Waals surface area contributed by atoms with Crippen LogP contribution in [0.3, 0.4) is 0 Å². The van der Waals surface area contributed by atoms with E-state index in [-0.39, 0.29) is 5.82 Å². The fraction of sp³-hybridized carbons (Fsp3) is 0.294. The lowest BCUT2D eigenvalue weighted by Gasteiger charge is -2.33. The molecule has 8 nitrogen and oxygen atoms in total. The Labute approximate surface area is 156 Å². The van der Waals surface area contributed by atoms with Crippen molar-refractivity contribution in [1.82, 2.24) is 14.6 Å². The van der Waals surface area contributed by atoms with Crippen molar-refractivity contribution >= 4 is 17.3 Å². The van der Waals surface area contributed by atoms with Crippen molar-refractivity contribution in [2.24, 2.45) is 0 Å². The molecule has 0 amide bonds. The molecule has 1 aromatic carbocycles. The summed E-state index contributed by atoms with van der Waals surface area (Å²) in [6.45, 7) is 1.20. The zero-order valence-electron chi connectivity index (χ0n) is 14.3. The first kappa shape index (κ1) is 18.2. The van der Waals surface area contributed by atoms with Crippen LogP contribution in [-0.4, -0.2) is 39.2 Å². The first-order chi connectivity index (χ1) is 13.3. The van der Waals surface area contributed by atoms with Gasteiger partial charge in [-0.15, -0.1) is 0 Å². The molecular formula is C17H14F3N5O3. The molecule has 1 aliphatic rings. The van der Waals surface area contributed by atoms with Gasteiger partial charge in [-0.25, -0.2) is 4.98 Å². The molecule has 0 aliphatic carbocycles. The van der Waals surface area contributed by atoms with Gasteiger partial charge in [0.05, 0.1) is 12.2 Å². The maximum absolute atomic E-state index is 12.7. The van der Waals surface area contributed by atoms with Gasteiger partial charge in [-0.05, 0) is 28.7 Å². The van der Waals surface area contributed by atoms with Gasteiger partial charge in [0.2, 0.25) is 5.65 Å². The summed E-state index contributed by atoms with van der Waals surface area (Å²) in [7, 11) is 0. The molecule has 0 bridgehead atoms. The van der Waals surface area contributed by atoms with Gasteiger partial charge >= 0.3 is 12.0 Å². The third-order valence-corrected chi connectivity index (χ3v) is 4.52. The summed E-state index contributed by atoms with van der Waals surface area (Å²) < 4.78 is 45.0. The average molecular weight is 393 g/mol. The molecule has 0 N–H and O–H groups in total. The Hall–Kier alpha value is -3.21. The van der Waals surface area contributed by atoms with Crippen molar-refractivity contribution in [3.05, 3.63) is 63.8 Å². The largest absolute Gasteiger partial charge is 0.416 e. The van der Waals surface area contributed by atoms with E-state index >= 15 is 0 Å². The Morgan fingerprint density at radius 1 is 1.18 bits per heavy atom. The van der Waals surface area contributed by atoms with Crippen LogP contribution in [-0.2, 0) is 10.9 Å². The Morgan fingerprint density at radius 2 is 1.93 bits per heavy atom. The highest BCUT2D eigenvalue weighted by atomic mass is 19.4. The number of hydrogen-bond acceptors (Lipinski definition) is 6. The minimum atomic E-state index is -4.39. The number of rotatable bonds is 3. The lowest BCUT2D eigenvalue weighted by molar-refractivity contribution is -0.391. The summed E-state index contributed by atoms with van der Waals surface area (Å²) in [5, 5.41) is 15.4. The number of benzene rings is 1. The molecule has 146 valence electrons. The Morgan fingerprint density at radius 3 is 2.61 bits per heavy atom. The molecule has 1 aliphatic heterocycles. The fourth-order valence-electron chi connectivity index (χ4n) is 3.09. The van der Waals surface area contributed by atoms with Gasteiger partial charge < -0.3 is 19.8 Å². The van der Waals surface area contributed by atoms with Crippen molar-refractivity contribution in [2.75, 3.05) is 24.6 Å². The summed E-state index contributed by atoms with van der Waals surface area (Å²) in [4.78, 5) is 16.3. The molecule has 0 radical (unpaired) electrons. The number of imidazole rings is 1. The van der Waals surface area contributed by atoms with Crippen LogP contribution in [0.4, 0.5) is 24.8 Å². The molecule has 1 unspecified atom stereocenters. The first-order valence-corrected chi connectivity index (χ1v) is 8.36. The van der Waals surface area contributed by atoms with E-state index in [2.05, 4.69) is 10.1 Å². The standard InChI is InChI=1S/C17H14F3N5O3/c18-17(19,20)12-3-1-11(2-4-12)13-10-23(7-8-28-13)15-6-5-14-21-9-16(25(26)27)24(14)22-15/h1-6,9,13H,7-8,10H2. The number of fused-ring (bicyclic) bond motifs is 1. The Bertz CT molecular complexity index is 1020. The van der Waals surface area contributed by atoms with Crippen molar-refractivity contribution in [3.8, 4) is 0 Å². The number of morpholine rings is 1. The average Bonchev–Trinajstić information content (AvgIpc) is 3.11. The van der Waals surface area contributed by atoms with E-state index in [1.807, 2.05) is 4.90 Å². The summed E-state index contributed by atoms with van der Waals surface area (Å²) in [6, 6.07) is 8.16. The van der Waals surface area contributed by atoms with Crippen LogP contribution in [0.2, 0.25) is 0 Å². The van der Waals surface area contributed by atoms with Gasteiger partial charge in [-0.2, -0.15) is 13.2 Å². The van der Waals surface area contributed by atoms with Gasteiger partial charge in [0.1, 0.15) is 12.3 Å². The summed E-state index contributed by atoms with van der Waals surface area (Å²) in [5.74, 6) is 0.248. The van der Waals surface area contributed by atoms with E-state index in [9.17, 15) is 23.3 Å². The van der Waals surface area contributed by atoms with E-state index in [1.54, 1.807) is 12.1 Å².